The van der Waals surface area contributed by atoms with Gasteiger partial charge in [-0.15, -0.1) is 0 Å². The van der Waals surface area contributed by atoms with Gasteiger partial charge < -0.3 is 10.7 Å². The Kier molecular flexibility index (Phi) is 4.95. The fourth-order valence-corrected chi connectivity index (χ4v) is 2.96. The van der Waals surface area contributed by atoms with Crippen molar-refractivity contribution in [2.24, 2.45) is 17.7 Å². The first-order valence-electron chi connectivity index (χ1n) is 7.32. The molecule has 2 unspecified atom stereocenters. The van der Waals surface area contributed by atoms with E-state index in [4.69, 9.17) is 5.84 Å². The zero-order chi connectivity index (χ0) is 14.5. The van der Waals surface area contributed by atoms with E-state index in [9.17, 15) is 4.79 Å². The maximum Gasteiger partial charge on any atom is 0.251 e. The van der Waals surface area contributed by atoms with Crippen molar-refractivity contribution < 1.29 is 4.79 Å². The van der Waals surface area contributed by atoms with E-state index < -0.39 is 0 Å². The highest BCUT2D eigenvalue weighted by atomic mass is 16.1. The Hall–Kier alpha value is -1.62. The summed E-state index contributed by atoms with van der Waals surface area (Å²) in [6, 6.07) is 3.45. The lowest BCUT2D eigenvalue weighted by atomic mass is 9.82. The van der Waals surface area contributed by atoms with Gasteiger partial charge in [0.2, 0.25) is 0 Å². The predicted octanol–water partition coefficient (Wildman–Crippen LogP) is 2.23. The van der Waals surface area contributed by atoms with Crippen molar-refractivity contribution in [1.29, 1.82) is 0 Å². The Morgan fingerprint density at radius 3 is 2.95 bits per heavy atom. The molecule has 1 saturated carbocycles. The molecule has 1 aliphatic rings. The summed E-state index contributed by atoms with van der Waals surface area (Å²) in [7, 11) is 0. The van der Waals surface area contributed by atoms with E-state index >= 15 is 0 Å². The van der Waals surface area contributed by atoms with E-state index in [-0.39, 0.29) is 5.91 Å². The summed E-state index contributed by atoms with van der Waals surface area (Å²) in [5, 5.41) is 3.03. The highest BCUT2D eigenvalue weighted by Crippen LogP contribution is 2.27. The Bertz CT molecular complexity index is 475. The molecule has 1 aromatic rings. The monoisotopic (exact) mass is 276 g/mol. The van der Waals surface area contributed by atoms with Crippen molar-refractivity contribution in [2.75, 3.05) is 12.0 Å². The normalized spacial score (nSPS) is 22.4. The number of aryl methyl sites for hydroxylation is 1. The van der Waals surface area contributed by atoms with Crippen LogP contribution < -0.4 is 16.6 Å². The van der Waals surface area contributed by atoms with Crippen LogP contribution in [0.1, 0.15) is 48.7 Å². The van der Waals surface area contributed by atoms with E-state index in [1.807, 2.05) is 6.92 Å². The van der Waals surface area contributed by atoms with Gasteiger partial charge in [0.25, 0.3) is 5.91 Å². The summed E-state index contributed by atoms with van der Waals surface area (Å²) in [5.74, 6) is 7.20. The number of nitrogens with zero attached hydrogens (tertiary/aromatic N) is 1. The number of nitrogens with one attached hydrogen (secondary N) is 2. The fraction of sp³-hybridized carbons (Fsp3) is 0.600. The second-order valence-electron chi connectivity index (χ2n) is 5.87. The molecule has 5 nitrogen and oxygen atoms in total. The molecule has 1 heterocycles. The summed E-state index contributed by atoms with van der Waals surface area (Å²) in [5.41, 5.74) is 3.86. The molecule has 2 atom stereocenters. The lowest BCUT2D eigenvalue weighted by molar-refractivity contribution is 0.0940. The number of nitrogen functional groups attached to an aromatic ring is 1. The first kappa shape index (κ1) is 14.8. The molecule has 0 bridgehead atoms. The molecular formula is C15H24N4O. The number of anilines is 1. The topological polar surface area (TPSA) is 80.0 Å². The average Bonchev–Trinajstić information content (AvgIpc) is 2.44. The van der Waals surface area contributed by atoms with Crippen LogP contribution in [0.5, 0.6) is 0 Å². The van der Waals surface area contributed by atoms with Crippen molar-refractivity contribution in [1.82, 2.24) is 10.3 Å². The first-order valence-corrected chi connectivity index (χ1v) is 7.32. The van der Waals surface area contributed by atoms with Crippen molar-refractivity contribution in [2.45, 2.75) is 39.5 Å². The lowest BCUT2D eigenvalue weighted by Crippen LogP contribution is -2.31. The van der Waals surface area contributed by atoms with E-state index in [0.717, 1.165) is 18.2 Å². The molecule has 0 aromatic carbocycles. The molecule has 1 aliphatic carbocycles. The Labute approximate surface area is 120 Å². The van der Waals surface area contributed by atoms with Crippen LogP contribution in [0.25, 0.3) is 0 Å². The fourth-order valence-electron chi connectivity index (χ4n) is 2.96. The maximum absolute atomic E-state index is 12.2. The van der Waals surface area contributed by atoms with Crippen LogP contribution in [0.2, 0.25) is 0 Å². The van der Waals surface area contributed by atoms with Gasteiger partial charge in [0.05, 0.1) is 0 Å². The Morgan fingerprint density at radius 2 is 2.25 bits per heavy atom. The van der Waals surface area contributed by atoms with Crippen LogP contribution in [0.15, 0.2) is 12.1 Å². The van der Waals surface area contributed by atoms with E-state index in [0.29, 0.717) is 17.3 Å². The number of aromatic nitrogens is 1. The van der Waals surface area contributed by atoms with Gasteiger partial charge in [0.15, 0.2) is 0 Å². The van der Waals surface area contributed by atoms with Gasteiger partial charge >= 0.3 is 0 Å². The number of carbonyl (C=O) groups excluding carboxylic acids is 1. The summed E-state index contributed by atoms with van der Waals surface area (Å²) in [6.07, 6.45) is 5.03. The molecule has 1 aromatic heterocycles. The number of hydrazine groups is 1. The molecule has 110 valence electrons. The van der Waals surface area contributed by atoms with Crippen molar-refractivity contribution in [3.8, 4) is 0 Å². The second kappa shape index (κ2) is 6.70. The van der Waals surface area contributed by atoms with E-state index in [1.54, 1.807) is 12.1 Å². The van der Waals surface area contributed by atoms with Gasteiger partial charge in [0, 0.05) is 17.8 Å². The van der Waals surface area contributed by atoms with Crippen LogP contribution in [0, 0.1) is 18.8 Å². The second-order valence-corrected chi connectivity index (χ2v) is 5.87. The summed E-state index contributed by atoms with van der Waals surface area (Å²) >= 11 is 0. The van der Waals surface area contributed by atoms with Crippen molar-refractivity contribution in [3.05, 3.63) is 23.4 Å². The molecule has 0 radical (unpaired) electrons. The van der Waals surface area contributed by atoms with Crippen molar-refractivity contribution >= 4 is 11.7 Å². The number of rotatable bonds is 4. The standard InChI is InChI=1S/C15H24N4O/c1-10-4-3-5-12(6-10)9-17-15(20)13-7-11(2)18-14(8-13)19-16/h7-8,10,12H,3-6,9,16H2,1-2H3,(H,17,20)(H,18,19). The quantitative estimate of drug-likeness (QED) is 0.582. The molecule has 0 saturated heterocycles. The Morgan fingerprint density at radius 1 is 1.45 bits per heavy atom. The molecule has 5 heteroatoms. The highest BCUT2D eigenvalue weighted by molar-refractivity contribution is 5.94. The lowest BCUT2D eigenvalue weighted by Gasteiger charge is -2.26. The smallest absolute Gasteiger partial charge is 0.251 e. The SMILES string of the molecule is Cc1cc(C(=O)NCC2CCCC(C)C2)cc(NN)n1. The zero-order valence-electron chi connectivity index (χ0n) is 12.3. The van der Waals surface area contributed by atoms with Gasteiger partial charge in [0.1, 0.15) is 5.82 Å². The Balaban J connectivity index is 1.93. The number of hydrogen-bond donors (Lipinski definition) is 3. The van der Waals surface area contributed by atoms with Crippen LogP contribution in [0.4, 0.5) is 5.82 Å². The van der Waals surface area contributed by atoms with Gasteiger partial charge in [-0.3, -0.25) is 4.79 Å². The van der Waals surface area contributed by atoms with Crippen molar-refractivity contribution in [3.63, 3.8) is 0 Å². The van der Waals surface area contributed by atoms with E-state index in [2.05, 4.69) is 22.7 Å². The van der Waals surface area contributed by atoms with Crippen LogP contribution in [-0.2, 0) is 0 Å². The number of hydrogen-bond acceptors (Lipinski definition) is 4. The van der Waals surface area contributed by atoms with Gasteiger partial charge in [-0.2, -0.15) is 0 Å². The van der Waals surface area contributed by atoms with Gasteiger partial charge in [-0.1, -0.05) is 19.8 Å². The third kappa shape index (κ3) is 3.93. The van der Waals surface area contributed by atoms with Crippen LogP contribution in [-0.4, -0.2) is 17.4 Å². The zero-order valence-corrected chi connectivity index (χ0v) is 12.3. The summed E-state index contributed by atoms with van der Waals surface area (Å²) < 4.78 is 0. The third-order valence-electron chi connectivity index (χ3n) is 3.96. The molecule has 0 spiro atoms. The van der Waals surface area contributed by atoms with Gasteiger partial charge in [-0.25, -0.2) is 10.8 Å². The molecule has 0 aliphatic heterocycles. The molecule has 20 heavy (non-hydrogen) atoms. The molecule has 2 rings (SSSR count). The average molecular weight is 276 g/mol. The highest BCUT2D eigenvalue weighted by Gasteiger charge is 2.19. The number of pyridine rings is 1. The molecular weight excluding hydrogens is 252 g/mol. The number of nitrogens with two attached hydrogens (primary N) is 1. The largest absolute Gasteiger partial charge is 0.352 e. The third-order valence-corrected chi connectivity index (χ3v) is 3.96. The minimum absolute atomic E-state index is 0.0507. The molecule has 1 amide bonds. The number of carbonyl (C=O) groups is 1. The molecule has 1 fully saturated rings. The summed E-state index contributed by atoms with van der Waals surface area (Å²) in [4.78, 5) is 16.4. The van der Waals surface area contributed by atoms with Gasteiger partial charge in [-0.05, 0) is 43.7 Å². The minimum Gasteiger partial charge on any atom is -0.352 e. The molecule has 4 N–H and O–H groups in total. The maximum atomic E-state index is 12.2. The minimum atomic E-state index is -0.0507. The van der Waals surface area contributed by atoms with E-state index in [1.165, 1.54) is 25.7 Å². The summed E-state index contributed by atoms with van der Waals surface area (Å²) in [6.45, 7) is 4.90. The predicted molar refractivity (Wildman–Crippen MR) is 80.2 cm³/mol. The number of amides is 1. The van der Waals surface area contributed by atoms with Crippen LogP contribution in [0.3, 0.4) is 0 Å². The van der Waals surface area contributed by atoms with Crippen LogP contribution >= 0.6 is 0 Å². The first-order chi connectivity index (χ1) is 9.58.